The Balaban J connectivity index is 2.63. The molecule has 3 heteroatoms. The first-order valence-electron chi connectivity index (χ1n) is 2.72. The van der Waals surface area contributed by atoms with Crippen molar-refractivity contribution in [1.29, 1.82) is 0 Å². The van der Waals surface area contributed by atoms with Gasteiger partial charge in [0, 0.05) is 0 Å². The molecule has 0 aliphatic carbocycles. The first-order valence-corrected chi connectivity index (χ1v) is 3.26. The molecule has 0 spiro atoms. The molecule has 0 aromatic rings. The van der Waals surface area contributed by atoms with E-state index in [-0.39, 0.29) is 0 Å². The molecular formula is C6H8ClNO. The fourth-order valence-corrected chi connectivity index (χ4v) is 0.884. The molecule has 0 atom stereocenters. The van der Waals surface area contributed by atoms with Gasteiger partial charge >= 0.3 is 0 Å². The van der Waals surface area contributed by atoms with E-state index in [0.29, 0.717) is 12.4 Å². The predicted molar refractivity (Wildman–Crippen MR) is 36.4 cm³/mol. The number of rotatable bonds is 1. The Hall–Kier alpha value is -0.470. The molecule has 0 amide bonds. The van der Waals surface area contributed by atoms with Crippen LogP contribution in [0.2, 0.25) is 0 Å². The van der Waals surface area contributed by atoms with E-state index in [1.807, 2.05) is 12.2 Å². The van der Waals surface area contributed by atoms with Gasteiger partial charge in [0.2, 0.25) is 0 Å². The molecule has 50 valence electrons. The van der Waals surface area contributed by atoms with E-state index in [9.17, 15) is 0 Å². The van der Waals surface area contributed by atoms with E-state index < -0.39 is 0 Å². The van der Waals surface area contributed by atoms with Crippen molar-refractivity contribution < 1.29 is 5.21 Å². The third-order valence-electron chi connectivity index (χ3n) is 1.17. The highest BCUT2D eigenvalue weighted by Crippen LogP contribution is 2.07. The Labute approximate surface area is 59.0 Å². The lowest BCUT2D eigenvalue weighted by Gasteiger charge is -2.18. The normalized spacial score (nSPS) is 18.0. The van der Waals surface area contributed by atoms with Crippen LogP contribution < -0.4 is 0 Å². The van der Waals surface area contributed by atoms with Crippen LogP contribution in [0, 0.1) is 0 Å². The smallest absolute Gasteiger partial charge is 0.0647 e. The van der Waals surface area contributed by atoms with E-state index in [2.05, 4.69) is 0 Å². The fourth-order valence-electron chi connectivity index (χ4n) is 0.657. The zero-order valence-electron chi connectivity index (χ0n) is 4.92. The summed E-state index contributed by atoms with van der Waals surface area (Å²) in [4.78, 5) is 0. The van der Waals surface area contributed by atoms with Crippen LogP contribution in [0.3, 0.4) is 0 Å². The zero-order valence-corrected chi connectivity index (χ0v) is 5.67. The Morgan fingerprint density at radius 2 is 2.56 bits per heavy atom. The molecule has 0 radical (unpaired) electrons. The highest BCUT2D eigenvalue weighted by atomic mass is 35.5. The number of allylic oxidation sites excluding steroid dienone is 3. The van der Waals surface area contributed by atoms with Gasteiger partial charge in [0.1, 0.15) is 0 Å². The second-order valence-corrected chi connectivity index (χ2v) is 2.07. The topological polar surface area (TPSA) is 23.5 Å². The number of hydroxylamine groups is 2. The van der Waals surface area contributed by atoms with Gasteiger partial charge in [0.15, 0.2) is 0 Å². The lowest BCUT2D eigenvalue weighted by atomic mass is 10.3. The molecule has 1 heterocycles. The molecule has 0 bridgehead atoms. The quantitative estimate of drug-likeness (QED) is 0.564. The molecule has 1 aliphatic heterocycles. The van der Waals surface area contributed by atoms with Gasteiger partial charge in [-0.05, 0) is 6.08 Å². The average molecular weight is 146 g/mol. The van der Waals surface area contributed by atoms with Gasteiger partial charge in [-0.2, -0.15) is 0 Å². The number of hydrogen-bond donors (Lipinski definition) is 1. The van der Waals surface area contributed by atoms with Crippen LogP contribution in [-0.4, -0.2) is 22.7 Å². The Kier molecular flexibility index (Phi) is 2.14. The molecule has 0 aromatic heterocycles. The Bertz CT molecular complexity index is 153. The molecule has 0 unspecified atom stereocenters. The molecular weight excluding hydrogens is 138 g/mol. The maximum atomic E-state index is 9.00. The largest absolute Gasteiger partial charge is 0.288 e. The molecule has 1 rings (SSSR count). The van der Waals surface area contributed by atoms with Crippen LogP contribution in [-0.2, 0) is 0 Å². The Morgan fingerprint density at radius 3 is 3.00 bits per heavy atom. The number of hydrogen-bond acceptors (Lipinski definition) is 2. The third kappa shape index (κ3) is 1.47. The first-order chi connectivity index (χ1) is 4.34. The summed E-state index contributed by atoms with van der Waals surface area (Å²) in [6, 6.07) is 0. The van der Waals surface area contributed by atoms with Crippen LogP contribution in [0.15, 0.2) is 23.9 Å². The first kappa shape index (κ1) is 6.65. The average Bonchev–Trinajstić information content (AvgIpc) is 1.89. The minimum atomic E-state index is 0.362. The van der Waals surface area contributed by atoms with Gasteiger partial charge in [-0.25, -0.2) is 0 Å². The van der Waals surface area contributed by atoms with Crippen LogP contribution in [0.1, 0.15) is 0 Å². The van der Waals surface area contributed by atoms with Crippen LogP contribution in [0.5, 0.6) is 0 Å². The maximum Gasteiger partial charge on any atom is 0.0647 e. The van der Waals surface area contributed by atoms with Gasteiger partial charge < -0.3 is 0 Å². The van der Waals surface area contributed by atoms with Gasteiger partial charge in [-0.3, -0.25) is 10.3 Å². The summed E-state index contributed by atoms with van der Waals surface area (Å²) in [5, 5.41) is 10.1. The standard InChI is InChI=1S/C6H8ClNO/c7-5-6-3-1-2-4-8(6)9/h1-3,9H,4-5H2. The summed E-state index contributed by atoms with van der Waals surface area (Å²) in [5.74, 6) is 0.362. The molecule has 0 saturated carbocycles. The molecule has 2 nitrogen and oxygen atoms in total. The minimum Gasteiger partial charge on any atom is -0.288 e. The van der Waals surface area contributed by atoms with Crippen molar-refractivity contribution in [3.05, 3.63) is 23.9 Å². The Morgan fingerprint density at radius 1 is 1.78 bits per heavy atom. The van der Waals surface area contributed by atoms with E-state index in [1.54, 1.807) is 6.08 Å². The summed E-state index contributed by atoms with van der Waals surface area (Å²) < 4.78 is 0. The van der Waals surface area contributed by atoms with Crippen molar-refractivity contribution in [2.75, 3.05) is 12.4 Å². The van der Waals surface area contributed by atoms with Crippen molar-refractivity contribution in [1.82, 2.24) is 5.06 Å². The summed E-state index contributed by atoms with van der Waals surface area (Å²) in [6.45, 7) is 0.540. The molecule has 9 heavy (non-hydrogen) atoms. The van der Waals surface area contributed by atoms with E-state index in [4.69, 9.17) is 16.8 Å². The summed E-state index contributed by atoms with van der Waals surface area (Å²) in [6.07, 6.45) is 5.52. The van der Waals surface area contributed by atoms with Crippen LogP contribution in [0.4, 0.5) is 0 Å². The van der Waals surface area contributed by atoms with Crippen molar-refractivity contribution in [2.45, 2.75) is 0 Å². The van der Waals surface area contributed by atoms with Crippen molar-refractivity contribution in [3.8, 4) is 0 Å². The second-order valence-electron chi connectivity index (χ2n) is 1.80. The number of alkyl halides is 1. The van der Waals surface area contributed by atoms with Gasteiger partial charge in [-0.1, -0.05) is 12.2 Å². The highest BCUT2D eigenvalue weighted by Gasteiger charge is 2.04. The third-order valence-corrected chi connectivity index (χ3v) is 1.45. The maximum absolute atomic E-state index is 9.00. The minimum absolute atomic E-state index is 0.362. The summed E-state index contributed by atoms with van der Waals surface area (Å²) in [7, 11) is 0. The molecule has 1 aliphatic rings. The van der Waals surface area contributed by atoms with Crippen molar-refractivity contribution in [2.24, 2.45) is 0 Å². The van der Waals surface area contributed by atoms with Gasteiger partial charge in [0.25, 0.3) is 0 Å². The zero-order chi connectivity index (χ0) is 6.69. The second kappa shape index (κ2) is 2.90. The van der Waals surface area contributed by atoms with Crippen molar-refractivity contribution >= 4 is 11.6 Å². The lowest BCUT2D eigenvalue weighted by Crippen LogP contribution is -2.21. The number of nitrogens with zero attached hydrogens (tertiary/aromatic N) is 1. The van der Waals surface area contributed by atoms with Crippen LogP contribution >= 0.6 is 11.6 Å². The van der Waals surface area contributed by atoms with Crippen LogP contribution in [0.25, 0.3) is 0 Å². The monoisotopic (exact) mass is 145 g/mol. The van der Waals surface area contributed by atoms with E-state index >= 15 is 0 Å². The summed E-state index contributed by atoms with van der Waals surface area (Å²) in [5.41, 5.74) is 0.749. The van der Waals surface area contributed by atoms with E-state index in [0.717, 1.165) is 10.8 Å². The highest BCUT2D eigenvalue weighted by molar-refractivity contribution is 6.19. The molecule has 0 aromatic carbocycles. The predicted octanol–water partition coefficient (Wildman–Crippen LogP) is 1.37. The fraction of sp³-hybridized carbons (Fsp3) is 0.333. The summed E-state index contributed by atoms with van der Waals surface area (Å²) >= 11 is 5.47. The molecule has 1 N–H and O–H groups in total. The van der Waals surface area contributed by atoms with Gasteiger partial charge in [-0.15, -0.1) is 11.6 Å². The van der Waals surface area contributed by atoms with Crippen molar-refractivity contribution in [3.63, 3.8) is 0 Å². The van der Waals surface area contributed by atoms with E-state index in [1.165, 1.54) is 0 Å². The molecule has 0 fully saturated rings. The van der Waals surface area contributed by atoms with Gasteiger partial charge in [0.05, 0.1) is 18.1 Å². The molecule has 0 saturated heterocycles. The number of halogens is 1. The SMILES string of the molecule is ON1CC=CC=C1CCl. The lowest BCUT2D eigenvalue weighted by molar-refractivity contribution is -0.0444.